The summed E-state index contributed by atoms with van der Waals surface area (Å²) in [4.78, 5) is 25.0. The Hall–Kier alpha value is -1.14. The van der Waals surface area contributed by atoms with Crippen LogP contribution in [0.25, 0.3) is 0 Å². The lowest BCUT2D eigenvalue weighted by molar-refractivity contribution is -0.136. The summed E-state index contributed by atoms with van der Waals surface area (Å²) >= 11 is 0. The molecule has 0 aromatic rings. The van der Waals surface area contributed by atoms with Crippen LogP contribution in [0.15, 0.2) is 0 Å². The molecule has 104 valence electrons. The highest BCUT2D eigenvalue weighted by Gasteiger charge is 2.24. The minimum absolute atomic E-state index is 0.00698. The van der Waals surface area contributed by atoms with Gasteiger partial charge in [0.15, 0.2) is 0 Å². The van der Waals surface area contributed by atoms with Crippen molar-refractivity contribution in [3.63, 3.8) is 0 Å². The molecule has 6 nitrogen and oxygen atoms in total. The van der Waals surface area contributed by atoms with Crippen LogP contribution in [0.4, 0.5) is 0 Å². The van der Waals surface area contributed by atoms with Crippen molar-refractivity contribution in [2.75, 3.05) is 33.9 Å². The maximum atomic E-state index is 11.6. The number of hydrogen-bond donors (Lipinski definition) is 1. The summed E-state index contributed by atoms with van der Waals surface area (Å²) < 4.78 is 9.77. The normalized spacial score (nSPS) is 18.5. The van der Waals surface area contributed by atoms with Crippen LogP contribution >= 0.6 is 0 Å². The van der Waals surface area contributed by atoms with E-state index in [-0.39, 0.29) is 24.5 Å². The maximum absolute atomic E-state index is 11.6. The fourth-order valence-corrected chi connectivity index (χ4v) is 1.91. The molecule has 1 atom stereocenters. The molecule has 0 saturated carbocycles. The molecule has 1 rings (SSSR count). The Morgan fingerprint density at radius 2 is 1.94 bits per heavy atom. The van der Waals surface area contributed by atoms with E-state index in [0.29, 0.717) is 13.1 Å². The third kappa shape index (κ3) is 4.27. The van der Waals surface area contributed by atoms with E-state index >= 15 is 0 Å². The zero-order valence-corrected chi connectivity index (χ0v) is 11.3. The minimum Gasteiger partial charge on any atom is -0.375 e. The molecule has 1 heterocycles. The Bertz CT molecular complexity index is 288. The number of nitrogens with zero attached hydrogens (tertiary/aromatic N) is 1. The molecule has 0 aliphatic carbocycles. The molecule has 1 aliphatic rings. The van der Waals surface area contributed by atoms with Crippen molar-refractivity contribution in [1.29, 1.82) is 0 Å². The quantitative estimate of drug-likeness (QED) is 0.740. The van der Waals surface area contributed by atoms with E-state index in [1.54, 1.807) is 11.8 Å². The van der Waals surface area contributed by atoms with E-state index in [4.69, 9.17) is 9.47 Å². The van der Waals surface area contributed by atoms with Gasteiger partial charge in [0.2, 0.25) is 11.8 Å². The van der Waals surface area contributed by atoms with E-state index in [2.05, 4.69) is 5.32 Å². The van der Waals surface area contributed by atoms with Crippen LogP contribution in [0.2, 0.25) is 0 Å². The van der Waals surface area contributed by atoms with Gasteiger partial charge in [-0.1, -0.05) is 0 Å². The predicted octanol–water partition coefficient (Wildman–Crippen LogP) is -0.225. The lowest BCUT2D eigenvalue weighted by atomic mass is 10.0. The molecule has 2 amide bonds. The molecule has 6 heteroatoms. The second kappa shape index (κ2) is 7.33. The van der Waals surface area contributed by atoms with Crippen LogP contribution in [0.3, 0.4) is 0 Å². The fourth-order valence-electron chi connectivity index (χ4n) is 1.91. The Balaban J connectivity index is 2.31. The van der Waals surface area contributed by atoms with Crippen molar-refractivity contribution in [2.45, 2.75) is 31.9 Å². The Kier molecular flexibility index (Phi) is 6.07. The molecule has 0 spiro atoms. The number of amides is 2. The average molecular weight is 258 g/mol. The van der Waals surface area contributed by atoms with Gasteiger partial charge in [-0.25, -0.2) is 0 Å². The topological polar surface area (TPSA) is 67.9 Å². The minimum atomic E-state index is -0.432. The van der Waals surface area contributed by atoms with Crippen LogP contribution in [0.1, 0.15) is 19.8 Å². The van der Waals surface area contributed by atoms with Crippen LogP contribution in [-0.4, -0.2) is 62.8 Å². The number of ether oxygens (including phenoxy) is 2. The summed E-state index contributed by atoms with van der Waals surface area (Å²) in [6.45, 7) is 3.16. The van der Waals surface area contributed by atoms with Gasteiger partial charge in [0.25, 0.3) is 0 Å². The summed E-state index contributed by atoms with van der Waals surface area (Å²) in [6, 6.07) is 0.127. The van der Waals surface area contributed by atoms with Crippen molar-refractivity contribution in [1.82, 2.24) is 10.2 Å². The first-order chi connectivity index (χ1) is 8.58. The van der Waals surface area contributed by atoms with Gasteiger partial charge in [-0.05, 0) is 19.8 Å². The summed E-state index contributed by atoms with van der Waals surface area (Å²) in [6.07, 6.45) is 1.12. The molecule has 0 aromatic carbocycles. The monoisotopic (exact) mass is 258 g/mol. The predicted molar refractivity (Wildman–Crippen MR) is 66.1 cm³/mol. The van der Waals surface area contributed by atoms with Gasteiger partial charge in [-0.3, -0.25) is 9.59 Å². The number of piperidine rings is 1. The van der Waals surface area contributed by atoms with E-state index in [1.807, 2.05) is 0 Å². The number of carbonyl (C=O) groups excluding carboxylic acids is 2. The number of rotatable bonds is 5. The highest BCUT2D eigenvalue weighted by atomic mass is 16.5. The molecule has 0 radical (unpaired) electrons. The van der Waals surface area contributed by atoms with Crippen LogP contribution in [0, 0.1) is 0 Å². The smallest absolute Gasteiger partial charge is 0.249 e. The molecular weight excluding hydrogens is 236 g/mol. The van der Waals surface area contributed by atoms with Gasteiger partial charge >= 0.3 is 0 Å². The summed E-state index contributed by atoms with van der Waals surface area (Å²) in [7, 11) is 3.02. The molecule has 1 unspecified atom stereocenters. The van der Waals surface area contributed by atoms with Crippen molar-refractivity contribution in [2.24, 2.45) is 0 Å². The van der Waals surface area contributed by atoms with E-state index in [1.165, 1.54) is 14.2 Å². The molecule has 1 N–H and O–H groups in total. The lowest BCUT2D eigenvalue weighted by Gasteiger charge is -2.32. The standard InChI is InChI=1S/C12H22N2O4/c1-9(18-3)12(16)13-10-4-6-14(7-5-10)11(15)8-17-2/h9-10H,4-8H2,1-3H3,(H,13,16). The van der Waals surface area contributed by atoms with Gasteiger partial charge in [0, 0.05) is 33.4 Å². The Morgan fingerprint density at radius 3 is 2.44 bits per heavy atom. The number of methoxy groups -OCH3 is 2. The molecule has 1 saturated heterocycles. The fraction of sp³-hybridized carbons (Fsp3) is 0.833. The molecule has 0 aromatic heterocycles. The van der Waals surface area contributed by atoms with Gasteiger partial charge < -0.3 is 19.7 Å². The maximum Gasteiger partial charge on any atom is 0.249 e. The van der Waals surface area contributed by atoms with Gasteiger partial charge in [0.05, 0.1) is 0 Å². The van der Waals surface area contributed by atoms with Crippen molar-refractivity contribution >= 4 is 11.8 Å². The van der Waals surface area contributed by atoms with E-state index in [9.17, 15) is 9.59 Å². The highest BCUT2D eigenvalue weighted by molar-refractivity contribution is 5.80. The number of hydrogen-bond acceptors (Lipinski definition) is 4. The second-order valence-corrected chi connectivity index (χ2v) is 4.47. The van der Waals surface area contributed by atoms with E-state index in [0.717, 1.165) is 12.8 Å². The van der Waals surface area contributed by atoms with Crippen molar-refractivity contribution in [3.8, 4) is 0 Å². The zero-order valence-electron chi connectivity index (χ0n) is 11.3. The molecule has 1 fully saturated rings. The molecule has 0 bridgehead atoms. The summed E-state index contributed by atoms with van der Waals surface area (Å²) in [5, 5.41) is 2.93. The first kappa shape index (κ1) is 14.9. The van der Waals surface area contributed by atoms with Gasteiger partial charge in [-0.2, -0.15) is 0 Å². The zero-order chi connectivity index (χ0) is 13.5. The van der Waals surface area contributed by atoms with Crippen LogP contribution < -0.4 is 5.32 Å². The lowest BCUT2D eigenvalue weighted by Crippen LogP contribution is -2.49. The van der Waals surface area contributed by atoms with Crippen LogP contribution in [-0.2, 0) is 19.1 Å². The molecule has 18 heavy (non-hydrogen) atoms. The number of likely N-dealkylation sites (tertiary alicyclic amines) is 1. The first-order valence-corrected chi connectivity index (χ1v) is 6.18. The summed E-state index contributed by atoms with van der Waals surface area (Å²) in [5.41, 5.74) is 0. The SMILES string of the molecule is COCC(=O)N1CCC(NC(=O)C(C)OC)CC1. The Morgan fingerprint density at radius 1 is 1.33 bits per heavy atom. The second-order valence-electron chi connectivity index (χ2n) is 4.47. The van der Waals surface area contributed by atoms with Gasteiger partial charge in [0.1, 0.15) is 12.7 Å². The van der Waals surface area contributed by atoms with Crippen molar-refractivity contribution in [3.05, 3.63) is 0 Å². The summed E-state index contributed by atoms with van der Waals surface area (Å²) in [5.74, 6) is -0.0910. The Labute approximate surface area is 108 Å². The number of nitrogens with one attached hydrogen (secondary N) is 1. The largest absolute Gasteiger partial charge is 0.375 e. The van der Waals surface area contributed by atoms with E-state index < -0.39 is 6.10 Å². The van der Waals surface area contributed by atoms with Gasteiger partial charge in [-0.15, -0.1) is 0 Å². The first-order valence-electron chi connectivity index (χ1n) is 6.18. The molecular formula is C12H22N2O4. The molecule has 1 aliphatic heterocycles. The van der Waals surface area contributed by atoms with Crippen LogP contribution in [0.5, 0.6) is 0 Å². The van der Waals surface area contributed by atoms with Crippen molar-refractivity contribution < 1.29 is 19.1 Å². The third-order valence-corrected chi connectivity index (χ3v) is 3.18. The average Bonchev–Trinajstić information content (AvgIpc) is 2.38. The highest BCUT2D eigenvalue weighted by Crippen LogP contribution is 2.11. The number of carbonyl (C=O) groups is 2. The third-order valence-electron chi connectivity index (χ3n) is 3.18.